The van der Waals surface area contributed by atoms with E-state index in [4.69, 9.17) is 9.47 Å². The van der Waals surface area contributed by atoms with Crippen LogP contribution < -0.4 is 0 Å². The third-order valence-electron chi connectivity index (χ3n) is 5.75. The zero-order valence-electron chi connectivity index (χ0n) is 15.1. The normalized spacial score (nSPS) is 43.1. The Labute approximate surface area is 130 Å². The second kappa shape index (κ2) is 4.24. The largest absolute Gasteiger partial charge is 0.348 e. The first kappa shape index (κ1) is 15.8. The van der Waals surface area contributed by atoms with Gasteiger partial charge in [-0.25, -0.2) is 0 Å². The highest BCUT2D eigenvalue weighted by atomic mass is 16.7. The molecule has 0 aromatic rings. The van der Waals surface area contributed by atoms with E-state index >= 15 is 0 Å². The van der Waals surface area contributed by atoms with Gasteiger partial charge in [0.2, 0.25) is 0 Å². The molecule has 122 valence electrons. The van der Waals surface area contributed by atoms with Crippen LogP contribution in [0.15, 0.2) is 0 Å². The van der Waals surface area contributed by atoms with Gasteiger partial charge in [-0.3, -0.25) is 4.90 Å². The summed E-state index contributed by atoms with van der Waals surface area (Å²) >= 11 is 0. The fourth-order valence-electron chi connectivity index (χ4n) is 4.68. The zero-order valence-corrected chi connectivity index (χ0v) is 15.1. The van der Waals surface area contributed by atoms with E-state index in [-0.39, 0.29) is 11.6 Å². The predicted molar refractivity (Wildman–Crippen MR) is 85.2 cm³/mol. The van der Waals surface area contributed by atoms with Crippen LogP contribution in [0.3, 0.4) is 0 Å². The maximum atomic E-state index is 6.25. The molecule has 1 aliphatic carbocycles. The summed E-state index contributed by atoms with van der Waals surface area (Å²) in [6, 6.07) is 1.30. The molecule has 3 fully saturated rings. The van der Waals surface area contributed by atoms with Gasteiger partial charge in [-0.05, 0) is 52.9 Å². The van der Waals surface area contributed by atoms with E-state index in [1.165, 1.54) is 12.8 Å². The molecule has 4 atom stereocenters. The van der Waals surface area contributed by atoms with E-state index in [0.717, 1.165) is 6.61 Å². The lowest BCUT2D eigenvalue weighted by Gasteiger charge is -2.45. The Balaban J connectivity index is 1.86. The molecule has 2 aliphatic heterocycles. The van der Waals surface area contributed by atoms with Gasteiger partial charge < -0.3 is 9.47 Å². The van der Waals surface area contributed by atoms with Crippen molar-refractivity contribution in [3.63, 3.8) is 0 Å². The smallest absolute Gasteiger partial charge is 0.163 e. The molecule has 2 heterocycles. The van der Waals surface area contributed by atoms with Gasteiger partial charge in [0.25, 0.3) is 0 Å². The Kier molecular flexibility index (Phi) is 3.18. The Hall–Kier alpha value is -0.120. The van der Waals surface area contributed by atoms with Crippen molar-refractivity contribution in [3.05, 3.63) is 0 Å². The van der Waals surface area contributed by atoms with Gasteiger partial charge in [-0.1, -0.05) is 20.8 Å². The van der Waals surface area contributed by atoms with E-state index < -0.39 is 5.79 Å². The second-order valence-corrected chi connectivity index (χ2v) is 9.93. The summed E-state index contributed by atoms with van der Waals surface area (Å²) < 4.78 is 12.1. The fourth-order valence-corrected chi connectivity index (χ4v) is 4.68. The maximum absolute atomic E-state index is 6.25. The molecule has 0 amide bonds. The molecule has 0 aromatic heterocycles. The summed E-state index contributed by atoms with van der Waals surface area (Å²) in [5, 5.41) is 0. The molecular weight excluding hydrogens is 262 g/mol. The van der Waals surface area contributed by atoms with Crippen LogP contribution in [0.5, 0.6) is 0 Å². The molecule has 0 bridgehead atoms. The number of nitrogens with zero attached hydrogens (tertiary/aromatic N) is 1. The van der Waals surface area contributed by atoms with Crippen molar-refractivity contribution in [1.82, 2.24) is 4.90 Å². The van der Waals surface area contributed by atoms with Crippen molar-refractivity contribution in [1.29, 1.82) is 0 Å². The SMILES string of the molecule is CC1(C)OCC([C@@]23CC(C(C)(C)C)N(C(C)(C)C)[C@@H]2C3)O1. The summed E-state index contributed by atoms with van der Waals surface area (Å²) in [6.07, 6.45) is 2.80. The van der Waals surface area contributed by atoms with Crippen LogP contribution >= 0.6 is 0 Å². The number of rotatable bonds is 1. The monoisotopic (exact) mass is 295 g/mol. The quantitative estimate of drug-likeness (QED) is 0.734. The number of likely N-dealkylation sites (tertiary alicyclic amines) is 1. The highest BCUT2D eigenvalue weighted by Gasteiger charge is 2.72. The van der Waals surface area contributed by atoms with Crippen molar-refractivity contribution < 1.29 is 9.47 Å². The summed E-state index contributed by atoms with van der Waals surface area (Å²) in [5.41, 5.74) is 0.859. The molecule has 21 heavy (non-hydrogen) atoms. The average Bonchev–Trinajstić information content (AvgIpc) is 2.68. The van der Waals surface area contributed by atoms with Gasteiger partial charge in [-0.15, -0.1) is 0 Å². The van der Waals surface area contributed by atoms with Gasteiger partial charge in [-0.2, -0.15) is 0 Å². The standard InChI is InChI=1S/C18H33NO2/c1-15(2,3)12-9-18(14-11-20-17(7,8)21-14)10-13(18)19(12)16(4,5)6/h12-14H,9-11H2,1-8H3/t12?,13-,14?,18-/m1/s1. The first-order valence-corrected chi connectivity index (χ1v) is 8.47. The summed E-state index contributed by atoms with van der Waals surface area (Å²) in [4.78, 5) is 2.78. The number of piperidine rings is 1. The van der Waals surface area contributed by atoms with Crippen molar-refractivity contribution in [2.45, 2.75) is 97.7 Å². The Bertz CT molecular complexity index is 431. The lowest BCUT2D eigenvalue weighted by atomic mass is 9.79. The molecule has 2 saturated heterocycles. The molecule has 3 nitrogen and oxygen atoms in total. The molecule has 3 rings (SSSR count). The lowest BCUT2D eigenvalue weighted by Crippen LogP contribution is -2.51. The molecular formula is C18H33NO2. The number of fused-ring (bicyclic) bond motifs is 1. The Morgan fingerprint density at radius 3 is 2.00 bits per heavy atom. The van der Waals surface area contributed by atoms with E-state index in [1.807, 2.05) is 13.8 Å². The van der Waals surface area contributed by atoms with E-state index in [1.54, 1.807) is 0 Å². The molecule has 0 N–H and O–H groups in total. The first-order valence-electron chi connectivity index (χ1n) is 8.47. The minimum Gasteiger partial charge on any atom is -0.348 e. The minimum atomic E-state index is -0.404. The fraction of sp³-hybridized carbons (Fsp3) is 1.00. The van der Waals surface area contributed by atoms with E-state index in [9.17, 15) is 0 Å². The predicted octanol–water partition coefficient (Wildman–Crippen LogP) is 3.82. The molecule has 3 heteroatoms. The van der Waals surface area contributed by atoms with Crippen LogP contribution in [0.4, 0.5) is 0 Å². The Morgan fingerprint density at radius 2 is 1.62 bits per heavy atom. The number of hydrogen-bond acceptors (Lipinski definition) is 3. The zero-order chi connectivity index (χ0) is 15.8. The number of ether oxygens (including phenoxy) is 2. The van der Waals surface area contributed by atoms with Gasteiger partial charge in [0.15, 0.2) is 5.79 Å². The van der Waals surface area contributed by atoms with E-state index in [2.05, 4.69) is 46.4 Å². The lowest BCUT2D eigenvalue weighted by molar-refractivity contribution is -0.146. The second-order valence-electron chi connectivity index (χ2n) is 9.93. The molecule has 0 radical (unpaired) electrons. The third-order valence-corrected chi connectivity index (χ3v) is 5.75. The van der Waals surface area contributed by atoms with Gasteiger partial charge in [0.05, 0.1) is 12.7 Å². The summed E-state index contributed by atoms with van der Waals surface area (Å²) in [7, 11) is 0. The van der Waals surface area contributed by atoms with Crippen molar-refractivity contribution in [2.75, 3.05) is 6.61 Å². The van der Waals surface area contributed by atoms with Crippen LogP contribution in [0.1, 0.15) is 68.2 Å². The van der Waals surface area contributed by atoms with Crippen LogP contribution in [0.2, 0.25) is 0 Å². The average molecular weight is 295 g/mol. The van der Waals surface area contributed by atoms with Crippen molar-refractivity contribution in [2.24, 2.45) is 10.8 Å². The van der Waals surface area contributed by atoms with Crippen LogP contribution in [0.25, 0.3) is 0 Å². The first-order chi connectivity index (χ1) is 9.37. The topological polar surface area (TPSA) is 21.7 Å². The van der Waals surface area contributed by atoms with Crippen LogP contribution in [-0.4, -0.2) is 41.0 Å². The maximum Gasteiger partial charge on any atom is 0.163 e. The van der Waals surface area contributed by atoms with Gasteiger partial charge >= 0.3 is 0 Å². The highest BCUT2D eigenvalue weighted by Crippen LogP contribution is 2.67. The van der Waals surface area contributed by atoms with Gasteiger partial charge in [0.1, 0.15) is 0 Å². The highest BCUT2D eigenvalue weighted by molar-refractivity contribution is 5.23. The van der Waals surface area contributed by atoms with Crippen molar-refractivity contribution >= 4 is 0 Å². The molecule has 0 spiro atoms. The third kappa shape index (κ3) is 2.46. The van der Waals surface area contributed by atoms with Crippen LogP contribution in [-0.2, 0) is 9.47 Å². The van der Waals surface area contributed by atoms with E-state index in [0.29, 0.717) is 22.9 Å². The number of hydrogen-bond donors (Lipinski definition) is 0. The van der Waals surface area contributed by atoms with Gasteiger partial charge in [0, 0.05) is 23.0 Å². The Morgan fingerprint density at radius 1 is 1.00 bits per heavy atom. The van der Waals surface area contributed by atoms with Crippen molar-refractivity contribution in [3.8, 4) is 0 Å². The summed E-state index contributed by atoms with van der Waals surface area (Å²) in [6.45, 7) is 19.1. The molecule has 3 aliphatic rings. The minimum absolute atomic E-state index is 0.218. The summed E-state index contributed by atoms with van der Waals surface area (Å²) in [5.74, 6) is -0.404. The molecule has 0 aromatic carbocycles. The molecule has 1 saturated carbocycles. The molecule has 2 unspecified atom stereocenters. The van der Waals surface area contributed by atoms with Crippen LogP contribution in [0, 0.1) is 10.8 Å².